The average Bonchev–Trinajstić information content (AvgIpc) is 3.41. The molecule has 156 valence electrons. The molecule has 0 bridgehead atoms. The Morgan fingerprint density at radius 2 is 2.07 bits per heavy atom. The Hall–Kier alpha value is -2.67. The average molecular weight is 431 g/mol. The molecule has 1 N–H and O–H groups in total. The minimum absolute atomic E-state index is 0.0995. The normalized spacial score (nSPS) is 19.0. The van der Waals surface area contributed by atoms with E-state index in [-0.39, 0.29) is 23.9 Å². The molecule has 29 heavy (non-hydrogen) atoms. The monoisotopic (exact) mass is 431 g/mol. The van der Waals surface area contributed by atoms with Crippen molar-refractivity contribution in [3.63, 3.8) is 0 Å². The van der Waals surface area contributed by atoms with Crippen molar-refractivity contribution >= 4 is 10.0 Å². The van der Waals surface area contributed by atoms with Crippen molar-refractivity contribution in [1.29, 1.82) is 0 Å². The summed E-state index contributed by atoms with van der Waals surface area (Å²) in [6, 6.07) is 2.57. The van der Waals surface area contributed by atoms with Crippen LogP contribution in [-0.4, -0.2) is 39.6 Å². The van der Waals surface area contributed by atoms with Crippen LogP contribution in [0.4, 0.5) is 13.2 Å². The van der Waals surface area contributed by atoms with Crippen LogP contribution in [0.25, 0.3) is 11.5 Å². The van der Waals surface area contributed by atoms with Gasteiger partial charge >= 0.3 is 6.18 Å². The topological polar surface area (TPSA) is 118 Å². The molecule has 1 aliphatic heterocycles. The Kier molecular flexibility index (Phi) is 4.73. The molecular formula is C16H16F3N5O4S. The standard InChI is InChI=1S/C16H16F3N5O4S/c1-9-20-15(28-23-9)11-4-2-3-7-24(11)29(25,26)14-6-5-12(27-14)10-8-13(22-21-10)16(17,18)19/h5-6,8,11H,2-4,7H2,1H3,(H,21,22). The molecule has 0 radical (unpaired) electrons. The Balaban J connectivity index is 1.64. The second kappa shape index (κ2) is 6.99. The molecular weight excluding hydrogens is 415 g/mol. The molecule has 3 aromatic rings. The SMILES string of the molecule is Cc1noc(C2CCCCN2S(=O)(=O)c2ccc(-c3cc(C(F)(F)F)[nH]n3)o2)n1. The quantitative estimate of drug-likeness (QED) is 0.673. The first-order valence-electron chi connectivity index (χ1n) is 8.71. The summed E-state index contributed by atoms with van der Waals surface area (Å²) in [5, 5.41) is 8.73. The van der Waals surface area contributed by atoms with E-state index in [9.17, 15) is 21.6 Å². The van der Waals surface area contributed by atoms with Crippen LogP contribution in [0, 0.1) is 6.92 Å². The molecule has 3 aromatic heterocycles. The van der Waals surface area contributed by atoms with Gasteiger partial charge in [-0.2, -0.15) is 27.6 Å². The van der Waals surface area contributed by atoms with E-state index in [1.165, 1.54) is 16.4 Å². The van der Waals surface area contributed by atoms with E-state index in [0.717, 1.165) is 12.5 Å². The number of nitrogens with zero attached hydrogens (tertiary/aromatic N) is 4. The van der Waals surface area contributed by atoms with E-state index in [0.29, 0.717) is 18.7 Å². The molecule has 0 amide bonds. The smallest absolute Gasteiger partial charge is 0.432 e. The Labute approximate surface area is 162 Å². The molecule has 1 aliphatic rings. The highest BCUT2D eigenvalue weighted by atomic mass is 32.2. The van der Waals surface area contributed by atoms with Crippen LogP contribution in [0.2, 0.25) is 0 Å². The van der Waals surface area contributed by atoms with E-state index in [4.69, 9.17) is 8.94 Å². The zero-order chi connectivity index (χ0) is 20.8. The number of furan rings is 1. The molecule has 1 unspecified atom stereocenters. The third-order valence-electron chi connectivity index (χ3n) is 4.56. The number of hydrogen-bond acceptors (Lipinski definition) is 7. The summed E-state index contributed by atoms with van der Waals surface area (Å²) < 4.78 is 76.2. The molecule has 0 aliphatic carbocycles. The fourth-order valence-electron chi connectivity index (χ4n) is 3.19. The fraction of sp³-hybridized carbons (Fsp3) is 0.438. The number of aromatic amines is 1. The summed E-state index contributed by atoms with van der Waals surface area (Å²) in [6.45, 7) is 1.86. The van der Waals surface area contributed by atoms with E-state index in [1.54, 1.807) is 6.92 Å². The highest BCUT2D eigenvalue weighted by Crippen LogP contribution is 2.36. The van der Waals surface area contributed by atoms with Gasteiger partial charge in [-0.1, -0.05) is 11.6 Å². The predicted molar refractivity (Wildman–Crippen MR) is 90.8 cm³/mol. The summed E-state index contributed by atoms with van der Waals surface area (Å²) in [7, 11) is -4.08. The van der Waals surface area contributed by atoms with Gasteiger partial charge in [0.25, 0.3) is 10.0 Å². The fourth-order valence-corrected chi connectivity index (χ4v) is 4.76. The minimum Gasteiger partial charge on any atom is -0.442 e. The van der Waals surface area contributed by atoms with Gasteiger partial charge in [0.15, 0.2) is 11.6 Å². The van der Waals surface area contributed by atoms with Gasteiger partial charge in [0, 0.05) is 6.54 Å². The van der Waals surface area contributed by atoms with Crippen LogP contribution in [0.5, 0.6) is 0 Å². The Morgan fingerprint density at radius 3 is 2.72 bits per heavy atom. The van der Waals surface area contributed by atoms with Crippen LogP contribution in [0.15, 0.2) is 32.2 Å². The van der Waals surface area contributed by atoms with Crippen molar-refractivity contribution in [3.05, 3.63) is 35.6 Å². The molecule has 1 atom stereocenters. The summed E-state index contributed by atoms with van der Waals surface area (Å²) >= 11 is 0. The van der Waals surface area contributed by atoms with Crippen LogP contribution in [0.1, 0.15) is 42.7 Å². The van der Waals surface area contributed by atoms with Crippen molar-refractivity contribution < 1.29 is 30.5 Å². The van der Waals surface area contributed by atoms with Gasteiger partial charge in [-0.15, -0.1) is 0 Å². The van der Waals surface area contributed by atoms with Gasteiger partial charge in [-0.05, 0) is 38.0 Å². The number of aryl methyl sites for hydroxylation is 1. The van der Waals surface area contributed by atoms with Gasteiger partial charge in [0.05, 0.1) is 0 Å². The molecule has 0 saturated carbocycles. The van der Waals surface area contributed by atoms with Gasteiger partial charge in [-0.25, -0.2) is 8.42 Å². The van der Waals surface area contributed by atoms with Crippen molar-refractivity contribution in [2.75, 3.05) is 6.54 Å². The predicted octanol–water partition coefficient (Wildman–Crippen LogP) is 3.30. The molecule has 4 rings (SSSR count). The lowest BCUT2D eigenvalue weighted by molar-refractivity contribution is -0.141. The van der Waals surface area contributed by atoms with Crippen molar-refractivity contribution in [2.45, 2.75) is 43.5 Å². The largest absolute Gasteiger partial charge is 0.442 e. The first kappa shape index (κ1) is 19.6. The number of piperidine rings is 1. The number of aromatic nitrogens is 4. The highest BCUT2D eigenvalue weighted by molar-refractivity contribution is 7.89. The lowest BCUT2D eigenvalue weighted by Crippen LogP contribution is -2.38. The van der Waals surface area contributed by atoms with E-state index in [2.05, 4.69) is 15.2 Å². The zero-order valence-electron chi connectivity index (χ0n) is 15.1. The summed E-state index contributed by atoms with van der Waals surface area (Å²) in [5.41, 5.74) is -1.21. The summed E-state index contributed by atoms with van der Waals surface area (Å²) in [6.07, 6.45) is -2.67. The lowest BCUT2D eigenvalue weighted by Gasteiger charge is -2.31. The number of halogens is 3. The number of nitrogens with one attached hydrogen (secondary N) is 1. The first-order chi connectivity index (χ1) is 13.7. The number of alkyl halides is 3. The minimum atomic E-state index is -4.60. The van der Waals surface area contributed by atoms with Crippen LogP contribution < -0.4 is 0 Å². The number of rotatable bonds is 4. The third-order valence-corrected chi connectivity index (χ3v) is 6.34. The molecule has 0 spiro atoms. The van der Waals surface area contributed by atoms with Crippen molar-refractivity contribution in [2.24, 2.45) is 0 Å². The molecule has 4 heterocycles. The number of hydrogen-bond donors (Lipinski definition) is 1. The van der Waals surface area contributed by atoms with Crippen LogP contribution >= 0.6 is 0 Å². The van der Waals surface area contributed by atoms with Crippen LogP contribution in [0.3, 0.4) is 0 Å². The van der Waals surface area contributed by atoms with Crippen molar-refractivity contribution in [1.82, 2.24) is 24.6 Å². The van der Waals surface area contributed by atoms with Crippen LogP contribution in [-0.2, 0) is 16.2 Å². The molecule has 1 fully saturated rings. The maximum atomic E-state index is 13.1. The number of sulfonamides is 1. The summed E-state index contributed by atoms with van der Waals surface area (Å²) in [4.78, 5) is 4.14. The maximum absolute atomic E-state index is 13.1. The van der Waals surface area contributed by atoms with Gasteiger partial charge < -0.3 is 8.94 Å². The third kappa shape index (κ3) is 3.67. The van der Waals surface area contributed by atoms with E-state index in [1.807, 2.05) is 5.10 Å². The zero-order valence-corrected chi connectivity index (χ0v) is 15.9. The Morgan fingerprint density at radius 1 is 1.28 bits per heavy atom. The molecule has 1 saturated heterocycles. The maximum Gasteiger partial charge on any atom is 0.432 e. The Bertz CT molecular complexity index is 1120. The molecule has 13 heteroatoms. The highest BCUT2D eigenvalue weighted by Gasteiger charge is 2.39. The second-order valence-electron chi connectivity index (χ2n) is 6.59. The number of H-pyrrole nitrogens is 1. The first-order valence-corrected chi connectivity index (χ1v) is 10.1. The van der Waals surface area contributed by atoms with Gasteiger partial charge in [0.2, 0.25) is 11.0 Å². The lowest BCUT2D eigenvalue weighted by atomic mass is 10.1. The van der Waals surface area contributed by atoms with E-state index >= 15 is 0 Å². The molecule has 0 aromatic carbocycles. The summed E-state index contributed by atoms with van der Waals surface area (Å²) in [5.74, 6) is 0.486. The van der Waals surface area contributed by atoms with Gasteiger partial charge in [-0.3, -0.25) is 5.10 Å². The van der Waals surface area contributed by atoms with Gasteiger partial charge in [0.1, 0.15) is 17.4 Å². The second-order valence-corrected chi connectivity index (χ2v) is 8.41. The van der Waals surface area contributed by atoms with E-state index < -0.39 is 33.0 Å². The molecule has 9 nitrogen and oxygen atoms in total. The van der Waals surface area contributed by atoms with Crippen molar-refractivity contribution in [3.8, 4) is 11.5 Å².